The van der Waals surface area contributed by atoms with E-state index in [9.17, 15) is 13.2 Å². The van der Waals surface area contributed by atoms with Crippen molar-refractivity contribution in [2.75, 3.05) is 25.1 Å². The molecule has 1 atom stereocenters. The molecule has 3 aliphatic heterocycles. The number of amides is 1. The number of fused-ring (bicyclic) bond motifs is 2. The summed E-state index contributed by atoms with van der Waals surface area (Å²) in [4.78, 5) is 23.8. The van der Waals surface area contributed by atoms with E-state index in [4.69, 9.17) is 44.4 Å². The Morgan fingerprint density at radius 2 is 1.91 bits per heavy atom. The lowest BCUT2D eigenvalue weighted by Crippen LogP contribution is -2.62. The van der Waals surface area contributed by atoms with Crippen molar-refractivity contribution in [3.8, 4) is 0 Å². The molecule has 1 aromatic heterocycles. The number of hydrogen-bond acceptors (Lipinski definition) is 7. The van der Waals surface area contributed by atoms with Gasteiger partial charge in [-0.3, -0.25) is 9.78 Å². The van der Waals surface area contributed by atoms with Crippen LogP contribution in [0, 0.1) is 0 Å². The minimum absolute atomic E-state index is 0.283. The third-order valence-electron chi connectivity index (χ3n) is 5.91. The zero-order chi connectivity index (χ0) is 23.5. The molecule has 0 aliphatic carbocycles. The van der Waals surface area contributed by atoms with E-state index in [1.807, 2.05) is 6.07 Å². The maximum Gasteiger partial charge on any atom is 0.237 e. The van der Waals surface area contributed by atoms with Gasteiger partial charge < -0.3 is 14.5 Å². The Kier molecular flexibility index (Phi) is 5.61. The van der Waals surface area contributed by atoms with Crippen molar-refractivity contribution in [2.45, 2.75) is 24.7 Å². The molecule has 5 rings (SSSR count). The summed E-state index contributed by atoms with van der Waals surface area (Å²) >= 11 is 18.3. The number of ether oxygens (including phenoxy) is 1. The van der Waals surface area contributed by atoms with Crippen molar-refractivity contribution < 1.29 is 22.8 Å². The number of oxime groups is 1. The van der Waals surface area contributed by atoms with E-state index in [0.717, 1.165) is 34.4 Å². The minimum atomic E-state index is -3.38. The van der Waals surface area contributed by atoms with Crippen molar-refractivity contribution in [3.63, 3.8) is 0 Å². The fourth-order valence-electron chi connectivity index (χ4n) is 4.26. The van der Waals surface area contributed by atoms with Gasteiger partial charge in [0.2, 0.25) is 5.91 Å². The molecule has 8 nitrogen and oxygen atoms in total. The first-order valence-electron chi connectivity index (χ1n) is 10.0. The monoisotopic (exact) mass is 529 g/mol. The highest BCUT2D eigenvalue weighted by Gasteiger charge is 2.53. The molecule has 1 unspecified atom stereocenters. The number of carbonyl (C=O) groups is 1. The summed E-state index contributed by atoms with van der Waals surface area (Å²) in [5.41, 5.74) is 3.31. The van der Waals surface area contributed by atoms with Crippen LogP contribution < -0.4 is 0 Å². The zero-order valence-corrected chi connectivity index (χ0v) is 20.4. The predicted molar refractivity (Wildman–Crippen MR) is 123 cm³/mol. The molecular formula is C21H18Cl3N3O5S. The van der Waals surface area contributed by atoms with Crippen molar-refractivity contribution in [2.24, 2.45) is 5.16 Å². The second-order valence-corrected chi connectivity index (χ2v) is 11.8. The largest absolute Gasteiger partial charge is 0.387 e. The highest BCUT2D eigenvalue weighted by atomic mass is 35.5. The number of aromatic nitrogens is 1. The van der Waals surface area contributed by atoms with E-state index in [1.165, 1.54) is 4.90 Å². The summed E-state index contributed by atoms with van der Waals surface area (Å²) in [6.07, 6.45) is 2.92. The highest BCUT2D eigenvalue weighted by molar-refractivity contribution is 7.91. The van der Waals surface area contributed by atoms with Crippen LogP contribution in [-0.4, -0.2) is 55.0 Å². The first-order valence-corrected chi connectivity index (χ1v) is 13.2. The standard InChI is InChI=1S/C21H18Cl3N3O5S/c1-33(29,30)8-18(28)27-9-21(10-27)20-13(7-31-21)2-12(6-25-20)16-5-17(32-26-16)11-3-14(22)19(24)15(23)4-11/h2-4,6,17H,5,7-10H2,1H3. The maximum atomic E-state index is 12.1. The molecule has 1 amide bonds. The fraction of sp³-hybridized carbons (Fsp3) is 0.381. The van der Waals surface area contributed by atoms with Gasteiger partial charge in [-0.2, -0.15) is 0 Å². The van der Waals surface area contributed by atoms with Crippen LogP contribution in [0.1, 0.15) is 34.9 Å². The van der Waals surface area contributed by atoms with Crippen LogP contribution in [0.25, 0.3) is 0 Å². The Bertz CT molecular complexity index is 1290. The van der Waals surface area contributed by atoms with E-state index in [-0.39, 0.29) is 19.2 Å². The lowest BCUT2D eigenvalue weighted by Gasteiger charge is -2.46. The minimum Gasteiger partial charge on any atom is -0.387 e. The smallest absolute Gasteiger partial charge is 0.237 e. The molecule has 0 N–H and O–H groups in total. The fourth-order valence-corrected chi connectivity index (χ4v) is 5.51. The van der Waals surface area contributed by atoms with E-state index >= 15 is 0 Å². The molecule has 2 aromatic rings. The van der Waals surface area contributed by atoms with Crippen LogP contribution in [0.4, 0.5) is 0 Å². The molecule has 3 aliphatic rings. The number of nitrogens with zero attached hydrogens (tertiary/aromatic N) is 3. The zero-order valence-electron chi connectivity index (χ0n) is 17.3. The topological polar surface area (TPSA) is 98.2 Å². The van der Waals surface area contributed by atoms with Gasteiger partial charge in [0.1, 0.15) is 11.4 Å². The molecular weight excluding hydrogens is 513 g/mol. The van der Waals surface area contributed by atoms with Crippen LogP contribution in [0.5, 0.6) is 0 Å². The average molecular weight is 531 g/mol. The van der Waals surface area contributed by atoms with E-state index in [0.29, 0.717) is 28.1 Å². The Morgan fingerprint density at radius 1 is 1.21 bits per heavy atom. The highest BCUT2D eigenvalue weighted by Crippen LogP contribution is 2.43. The molecule has 0 radical (unpaired) electrons. The quantitative estimate of drug-likeness (QED) is 0.561. The lowest BCUT2D eigenvalue weighted by atomic mass is 9.88. The van der Waals surface area contributed by atoms with E-state index in [1.54, 1.807) is 18.3 Å². The van der Waals surface area contributed by atoms with Crippen molar-refractivity contribution in [1.82, 2.24) is 9.88 Å². The normalized spacial score (nSPS) is 20.9. The van der Waals surface area contributed by atoms with Gasteiger partial charge in [-0.1, -0.05) is 40.0 Å². The number of halogens is 3. The van der Waals surface area contributed by atoms with Crippen molar-refractivity contribution >= 4 is 56.3 Å². The Hall–Kier alpha value is -1.91. The number of benzene rings is 1. The molecule has 1 saturated heterocycles. The van der Waals surface area contributed by atoms with Gasteiger partial charge in [-0.15, -0.1) is 0 Å². The maximum absolute atomic E-state index is 12.1. The average Bonchev–Trinajstić information content (AvgIpc) is 3.34. The third kappa shape index (κ3) is 4.21. The predicted octanol–water partition coefficient (Wildman–Crippen LogP) is 3.52. The summed E-state index contributed by atoms with van der Waals surface area (Å²) in [7, 11) is -3.38. The Balaban J connectivity index is 1.29. The van der Waals surface area contributed by atoms with Crippen LogP contribution in [0.15, 0.2) is 29.6 Å². The summed E-state index contributed by atoms with van der Waals surface area (Å²) < 4.78 is 28.8. The summed E-state index contributed by atoms with van der Waals surface area (Å²) in [6.45, 7) is 0.917. The molecule has 0 bridgehead atoms. The van der Waals surface area contributed by atoms with Gasteiger partial charge in [0.15, 0.2) is 15.9 Å². The molecule has 4 heterocycles. The van der Waals surface area contributed by atoms with Gasteiger partial charge in [0.25, 0.3) is 0 Å². The number of hydrogen-bond donors (Lipinski definition) is 0. The summed E-state index contributed by atoms with van der Waals surface area (Å²) in [5.74, 6) is -0.935. The molecule has 1 spiro atoms. The van der Waals surface area contributed by atoms with Gasteiger partial charge in [0.05, 0.1) is 46.2 Å². The number of pyridine rings is 1. The lowest BCUT2D eigenvalue weighted by molar-refractivity contribution is -0.167. The molecule has 174 valence electrons. The van der Waals surface area contributed by atoms with Gasteiger partial charge in [0, 0.05) is 30.0 Å². The van der Waals surface area contributed by atoms with Crippen LogP contribution in [0.3, 0.4) is 0 Å². The summed E-state index contributed by atoms with van der Waals surface area (Å²) in [5, 5.41) is 5.21. The first kappa shape index (κ1) is 22.9. The number of likely N-dealkylation sites (tertiary alicyclic amines) is 1. The van der Waals surface area contributed by atoms with Crippen LogP contribution in [-0.2, 0) is 36.4 Å². The summed E-state index contributed by atoms with van der Waals surface area (Å²) in [6, 6.07) is 5.39. The van der Waals surface area contributed by atoms with Crippen molar-refractivity contribution in [1.29, 1.82) is 0 Å². The van der Waals surface area contributed by atoms with Gasteiger partial charge in [-0.25, -0.2) is 8.42 Å². The van der Waals surface area contributed by atoms with Gasteiger partial charge in [-0.05, 0) is 23.8 Å². The Labute approximate surface area is 205 Å². The SMILES string of the molecule is CS(=O)(=O)CC(=O)N1CC2(C1)OCc1cc(C3=NOC(c4cc(Cl)c(Cl)c(Cl)c4)C3)cnc12. The van der Waals surface area contributed by atoms with Crippen molar-refractivity contribution in [3.05, 3.63) is 61.8 Å². The molecule has 33 heavy (non-hydrogen) atoms. The van der Waals surface area contributed by atoms with Crippen LogP contribution >= 0.6 is 34.8 Å². The molecule has 12 heteroatoms. The first-order chi connectivity index (χ1) is 15.5. The third-order valence-corrected chi connectivity index (χ3v) is 7.88. The number of carbonyl (C=O) groups excluding carboxylic acids is 1. The molecule has 0 saturated carbocycles. The molecule has 1 aromatic carbocycles. The van der Waals surface area contributed by atoms with E-state index < -0.39 is 27.1 Å². The van der Waals surface area contributed by atoms with Crippen LogP contribution in [0.2, 0.25) is 15.1 Å². The van der Waals surface area contributed by atoms with E-state index in [2.05, 4.69) is 10.1 Å². The molecule has 1 fully saturated rings. The second-order valence-electron chi connectivity index (χ2n) is 8.47. The number of sulfone groups is 1. The Morgan fingerprint density at radius 3 is 2.58 bits per heavy atom. The second kappa shape index (κ2) is 8.09. The number of rotatable bonds is 4. The van der Waals surface area contributed by atoms with Gasteiger partial charge >= 0.3 is 0 Å².